The second kappa shape index (κ2) is 2.46. The highest BCUT2D eigenvalue weighted by Crippen LogP contribution is 2.43. The molecule has 0 aromatic carbocycles. The van der Waals surface area contributed by atoms with Crippen LogP contribution in [0.4, 0.5) is 0 Å². The Bertz CT molecular complexity index is 170. The van der Waals surface area contributed by atoms with Gasteiger partial charge in [-0.2, -0.15) is 0 Å². The Labute approximate surface area is 74.1 Å². The predicted molar refractivity (Wildman–Crippen MR) is 49.1 cm³/mol. The van der Waals surface area contributed by atoms with Crippen LogP contribution >= 0.6 is 0 Å². The Balaban J connectivity index is 1.80. The Morgan fingerprint density at radius 2 is 1.83 bits per heavy atom. The Kier molecular flexibility index (Phi) is 1.50. The maximum atomic E-state index is 3.71. The van der Waals surface area contributed by atoms with Crippen molar-refractivity contribution < 1.29 is 0 Å². The van der Waals surface area contributed by atoms with Crippen LogP contribution in [0.2, 0.25) is 0 Å². The third-order valence-electron chi connectivity index (χ3n) is 4.03. The number of nitrogens with one attached hydrogen (secondary N) is 2. The molecule has 2 nitrogen and oxygen atoms in total. The highest BCUT2D eigenvalue weighted by Gasteiger charge is 2.44. The summed E-state index contributed by atoms with van der Waals surface area (Å²) in [4.78, 5) is 0. The van der Waals surface area contributed by atoms with Crippen molar-refractivity contribution in [3.05, 3.63) is 0 Å². The number of piperidine rings is 1. The summed E-state index contributed by atoms with van der Waals surface area (Å²) < 4.78 is 0. The molecule has 0 aromatic rings. The highest BCUT2D eigenvalue weighted by atomic mass is 15.0. The molecule has 0 aliphatic carbocycles. The number of fused-ring (bicyclic) bond motifs is 2. The zero-order chi connectivity index (χ0) is 8.02. The molecule has 2 N–H and O–H groups in total. The summed E-state index contributed by atoms with van der Waals surface area (Å²) in [6, 6.07) is 1.73. The van der Waals surface area contributed by atoms with Gasteiger partial charge in [0.2, 0.25) is 0 Å². The number of rotatable bonds is 0. The zero-order valence-electron chi connectivity index (χ0n) is 7.60. The van der Waals surface area contributed by atoms with E-state index in [1.54, 1.807) is 0 Å². The molecule has 0 radical (unpaired) electrons. The van der Waals surface area contributed by atoms with Crippen molar-refractivity contribution in [2.24, 2.45) is 5.41 Å². The van der Waals surface area contributed by atoms with Crippen molar-refractivity contribution >= 4 is 0 Å². The molecule has 2 bridgehead atoms. The van der Waals surface area contributed by atoms with Gasteiger partial charge in [-0.15, -0.1) is 0 Å². The van der Waals surface area contributed by atoms with Crippen molar-refractivity contribution in [1.82, 2.24) is 10.6 Å². The van der Waals surface area contributed by atoms with Gasteiger partial charge in [0, 0.05) is 18.6 Å². The summed E-state index contributed by atoms with van der Waals surface area (Å²) in [5.74, 6) is 0. The van der Waals surface area contributed by atoms with Gasteiger partial charge in [0.15, 0.2) is 0 Å². The van der Waals surface area contributed by atoms with E-state index >= 15 is 0 Å². The quantitative estimate of drug-likeness (QED) is 0.558. The van der Waals surface area contributed by atoms with E-state index in [2.05, 4.69) is 10.6 Å². The first-order chi connectivity index (χ1) is 5.86. The van der Waals surface area contributed by atoms with Crippen LogP contribution in [-0.2, 0) is 0 Å². The van der Waals surface area contributed by atoms with Gasteiger partial charge in [-0.1, -0.05) is 0 Å². The molecule has 3 heterocycles. The highest BCUT2D eigenvalue weighted by molar-refractivity contribution is 5.02. The topological polar surface area (TPSA) is 24.1 Å². The fourth-order valence-electron chi connectivity index (χ4n) is 3.50. The summed E-state index contributed by atoms with van der Waals surface area (Å²) in [6.07, 6.45) is 7.19. The molecule has 0 amide bonds. The average molecular weight is 166 g/mol. The van der Waals surface area contributed by atoms with Crippen LogP contribution in [0.15, 0.2) is 0 Å². The van der Waals surface area contributed by atoms with Gasteiger partial charge < -0.3 is 10.6 Å². The monoisotopic (exact) mass is 166 g/mol. The van der Waals surface area contributed by atoms with Crippen LogP contribution in [-0.4, -0.2) is 25.2 Å². The molecule has 3 saturated heterocycles. The minimum atomic E-state index is 0.705. The van der Waals surface area contributed by atoms with Crippen LogP contribution in [0.3, 0.4) is 0 Å². The Hall–Kier alpha value is -0.0800. The summed E-state index contributed by atoms with van der Waals surface area (Å²) >= 11 is 0. The molecule has 12 heavy (non-hydrogen) atoms. The number of hydrogen-bond acceptors (Lipinski definition) is 2. The van der Waals surface area contributed by atoms with Crippen molar-refractivity contribution in [2.45, 2.75) is 44.2 Å². The predicted octanol–water partition coefficient (Wildman–Crippen LogP) is 0.881. The van der Waals surface area contributed by atoms with Crippen molar-refractivity contribution in [3.8, 4) is 0 Å². The normalized spacial score (nSPS) is 52.0. The molecular weight excluding hydrogens is 148 g/mol. The summed E-state index contributed by atoms with van der Waals surface area (Å²) in [7, 11) is 0. The minimum Gasteiger partial charge on any atom is -0.316 e. The van der Waals surface area contributed by atoms with E-state index in [-0.39, 0.29) is 0 Å². The van der Waals surface area contributed by atoms with Gasteiger partial charge >= 0.3 is 0 Å². The van der Waals surface area contributed by atoms with Gasteiger partial charge in [0.1, 0.15) is 0 Å². The van der Waals surface area contributed by atoms with Crippen molar-refractivity contribution in [2.75, 3.05) is 13.1 Å². The van der Waals surface area contributed by atoms with Crippen LogP contribution in [0.5, 0.6) is 0 Å². The zero-order valence-corrected chi connectivity index (χ0v) is 7.60. The largest absolute Gasteiger partial charge is 0.316 e. The van der Waals surface area contributed by atoms with Gasteiger partial charge in [-0.3, -0.25) is 0 Å². The van der Waals surface area contributed by atoms with E-state index in [0.717, 1.165) is 12.1 Å². The SMILES string of the molecule is C1CC2(CN1)CC1CCC(C2)N1. The second-order valence-corrected chi connectivity index (χ2v) is 4.97. The molecule has 1 spiro atoms. The van der Waals surface area contributed by atoms with Gasteiger partial charge in [-0.25, -0.2) is 0 Å². The first-order valence-corrected chi connectivity index (χ1v) is 5.33. The van der Waals surface area contributed by atoms with E-state index in [4.69, 9.17) is 0 Å². The molecule has 2 unspecified atom stereocenters. The van der Waals surface area contributed by atoms with Gasteiger partial charge in [0.05, 0.1) is 0 Å². The van der Waals surface area contributed by atoms with Crippen LogP contribution < -0.4 is 10.6 Å². The van der Waals surface area contributed by atoms with Gasteiger partial charge in [0.25, 0.3) is 0 Å². The molecule has 3 aliphatic rings. The van der Waals surface area contributed by atoms with Gasteiger partial charge in [-0.05, 0) is 44.1 Å². The molecule has 0 saturated carbocycles. The van der Waals surface area contributed by atoms with E-state index in [0.29, 0.717) is 5.41 Å². The summed E-state index contributed by atoms with van der Waals surface area (Å²) in [5, 5.41) is 7.24. The fraction of sp³-hybridized carbons (Fsp3) is 1.00. The molecule has 0 aromatic heterocycles. The molecule has 3 fully saturated rings. The third-order valence-corrected chi connectivity index (χ3v) is 4.03. The first-order valence-electron chi connectivity index (χ1n) is 5.33. The molecular formula is C10H18N2. The summed E-state index contributed by atoms with van der Waals surface area (Å²) in [5.41, 5.74) is 0.705. The third kappa shape index (κ3) is 1.01. The van der Waals surface area contributed by atoms with E-state index in [1.807, 2.05) is 0 Å². The standard InChI is InChI=1S/C10H18N2/c1-2-9-6-10(3-4-11-7-10)5-8(1)12-9/h8-9,11-12H,1-7H2. The Morgan fingerprint density at radius 1 is 1.08 bits per heavy atom. The van der Waals surface area contributed by atoms with E-state index in [1.165, 1.54) is 45.2 Å². The smallest absolute Gasteiger partial charge is 0.00760 e. The Morgan fingerprint density at radius 3 is 2.42 bits per heavy atom. The van der Waals surface area contributed by atoms with Crippen LogP contribution in [0.1, 0.15) is 32.1 Å². The van der Waals surface area contributed by atoms with Crippen molar-refractivity contribution in [3.63, 3.8) is 0 Å². The lowest BCUT2D eigenvalue weighted by Gasteiger charge is -2.37. The molecule has 3 aliphatic heterocycles. The molecule has 3 rings (SSSR count). The maximum Gasteiger partial charge on any atom is 0.00760 e. The summed E-state index contributed by atoms with van der Waals surface area (Å²) in [6.45, 7) is 2.56. The lowest BCUT2D eigenvalue weighted by atomic mass is 9.75. The lowest BCUT2D eigenvalue weighted by molar-refractivity contribution is 0.182. The van der Waals surface area contributed by atoms with E-state index < -0.39 is 0 Å². The fourth-order valence-corrected chi connectivity index (χ4v) is 3.50. The second-order valence-electron chi connectivity index (χ2n) is 4.97. The lowest BCUT2D eigenvalue weighted by Crippen LogP contribution is -2.45. The molecule has 2 heteroatoms. The van der Waals surface area contributed by atoms with E-state index in [9.17, 15) is 0 Å². The van der Waals surface area contributed by atoms with Crippen LogP contribution in [0.25, 0.3) is 0 Å². The average Bonchev–Trinajstić information content (AvgIpc) is 2.60. The first kappa shape index (κ1) is 7.34. The number of hydrogen-bond donors (Lipinski definition) is 2. The molecule has 68 valence electrons. The maximum absolute atomic E-state index is 3.71. The minimum absolute atomic E-state index is 0.705. The molecule has 2 atom stereocenters. The van der Waals surface area contributed by atoms with Crippen molar-refractivity contribution in [1.29, 1.82) is 0 Å². The van der Waals surface area contributed by atoms with Crippen LogP contribution in [0, 0.1) is 5.41 Å².